The molecule has 1 amide bonds. The fraction of sp³-hybridized carbons (Fsp3) is 0.0526. The molecule has 2 aromatic carbocycles. The van der Waals surface area contributed by atoms with Gasteiger partial charge in [0.2, 0.25) is 0 Å². The van der Waals surface area contributed by atoms with Crippen molar-refractivity contribution in [1.82, 2.24) is 10.3 Å². The highest BCUT2D eigenvalue weighted by atomic mass is 35.5. The van der Waals surface area contributed by atoms with Crippen LogP contribution < -0.4 is 10.1 Å². The number of nitriles is 1. The second-order valence-electron chi connectivity index (χ2n) is 5.58. The maximum Gasteiger partial charge on any atom is 0.322 e. The molecule has 0 aliphatic carbocycles. The number of carbonyl (C=O) groups is 2. The van der Waals surface area contributed by atoms with E-state index in [9.17, 15) is 20.0 Å². The fourth-order valence-electron chi connectivity index (χ4n) is 2.54. The molecule has 0 unspecified atom stereocenters. The standard InChI is InChI=1S/C19H12ClN3O5/c20-10-3-1-4-11(7-10)28-14-6-2-5-12-13(8-21)23-17(18(26)16(12)14)19(27)22-9-15(24)25/h1-7,26H,9H2,(H,22,27)(H,24,25). The molecule has 0 saturated carbocycles. The van der Waals surface area contributed by atoms with Crippen molar-refractivity contribution in [3.8, 4) is 23.3 Å². The van der Waals surface area contributed by atoms with Crippen molar-refractivity contribution in [3.05, 3.63) is 58.9 Å². The Morgan fingerprint density at radius 2 is 2.00 bits per heavy atom. The molecule has 0 aliphatic rings. The van der Waals surface area contributed by atoms with E-state index in [1.54, 1.807) is 42.5 Å². The molecular formula is C19H12ClN3O5. The van der Waals surface area contributed by atoms with E-state index in [0.29, 0.717) is 10.8 Å². The number of rotatable bonds is 5. The van der Waals surface area contributed by atoms with Gasteiger partial charge in [0.15, 0.2) is 11.4 Å². The number of pyridine rings is 1. The molecule has 3 aromatic rings. The summed E-state index contributed by atoms with van der Waals surface area (Å²) in [6.07, 6.45) is 0. The summed E-state index contributed by atoms with van der Waals surface area (Å²) < 4.78 is 5.78. The molecule has 3 N–H and O–H groups in total. The van der Waals surface area contributed by atoms with Crippen LogP contribution in [0.1, 0.15) is 16.2 Å². The summed E-state index contributed by atoms with van der Waals surface area (Å²) in [6, 6.07) is 13.1. The van der Waals surface area contributed by atoms with Gasteiger partial charge in [-0.15, -0.1) is 0 Å². The van der Waals surface area contributed by atoms with E-state index in [0.717, 1.165) is 0 Å². The number of carboxylic acids is 1. The van der Waals surface area contributed by atoms with E-state index in [2.05, 4.69) is 10.3 Å². The number of carbonyl (C=O) groups excluding carboxylic acids is 1. The smallest absolute Gasteiger partial charge is 0.322 e. The molecule has 9 heteroatoms. The third kappa shape index (κ3) is 3.79. The summed E-state index contributed by atoms with van der Waals surface area (Å²) >= 11 is 5.95. The predicted octanol–water partition coefficient (Wildman–Crippen LogP) is 3.07. The predicted molar refractivity (Wildman–Crippen MR) is 99.6 cm³/mol. The molecule has 0 saturated heterocycles. The summed E-state index contributed by atoms with van der Waals surface area (Å²) in [5.41, 5.74) is -0.600. The number of aromatic nitrogens is 1. The molecule has 1 aromatic heterocycles. The number of aromatic hydroxyl groups is 1. The van der Waals surface area contributed by atoms with Gasteiger partial charge < -0.3 is 20.3 Å². The second kappa shape index (κ2) is 7.82. The first-order valence-corrected chi connectivity index (χ1v) is 8.27. The first-order valence-electron chi connectivity index (χ1n) is 7.90. The van der Waals surface area contributed by atoms with E-state index < -0.39 is 29.9 Å². The zero-order valence-corrected chi connectivity index (χ0v) is 14.9. The zero-order chi connectivity index (χ0) is 20.3. The topological polar surface area (TPSA) is 133 Å². The van der Waals surface area contributed by atoms with Crippen LogP contribution >= 0.6 is 11.6 Å². The minimum absolute atomic E-state index is 0.0921. The van der Waals surface area contributed by atoms with Crippen molar-refractivity contribution < 1.29 is 24.5 Å². The van der Waals surface area contributed by atoms with Crippen LogP contribution in [0.5, 0.6) is 17.2 Å². The molecule has 0 spiro atoms. The van der Waals surface area contributed by atoms with E-state index in [1.165, 1.54) is 0 Å². The van der Waals surface area contributed by atoms with Crippen molar-refractivity contribution in [3.63, 3.8) is 0 Å². The van der Waals surface area contributed by atoms with E-state index in [-0.39, 0.29) is 22.2 Å². The fourth-order valence-corrected chi connectivity index (χ4v) is 2.72. The maximum atomic E-state index is 12.2. The Morgan fingerprint density at radius 1 is 1.25 bits per heavy atom. The Bertz CT molecular complexity index is 1140. The first kappa shape index (κ1) is 18.9. The van der Waals surface area contributed by atoms with Gasteiger partial charge in [0.1, 0.15) is 29.8 Å². The van der Waals surface area contributed by atoms with Crippen molar-refractivity contribution >= 4 is 34.2 Å². The minimum atomic E-state index is -1.26. The van der Waals surface area contributed by atoms with E-state index in [1.807, 2.05) is 6.07 Å². The van der Waals surface area contributed by atoms with Gasteiger partial charge in [-0.3, -0.25) is 9.59 Å². The van der Waals surface area contributed by atoms with Crippen molar-refractivity contribution in [2.45, 2.75) is 0 Å². The van der Waals surface area contributed by atoms with Crippen LogP contribution in [0.3, 0.4) is 0 Å². The summed E-state index contributed by atoms with van der Waals surface area (Å²) in [6.45, 7) is -0.666. The van der Waals surface area contributed by atoms with Crippen molar-refractivity contribution in [2.75, 3.05) is 6.54 Å². The quantitative estimate of drug-likeness (QED) is 0.602. The Hall–Kier alpha value is -3.83. The number of fused-ring (bicyclic) bond motifs is 1. The zero-order valence-electron chi connectivity index (χ0n) is 14.1. The van der Waals surface area contributed by atoms with Gasteiger partial charge >= 0.3 is 5.97 Å². The average molecular weight is 398 g/mol. The van der Waals surface area contributed by atoms with Crippen LogP contribution in [-0.4, -0.2) is 33.6 Å². The molecule has 8 nitrogen and oxygen atoms in total. The average Bonchev–Trinajstić information content (AvgIpc) is 2.66. The molecule has 1 heterocycles. The molecule has 0 atom stereocenters. The van der Waals surface area contributed by atoms with Crippen LogP contribution in [0.2, 0.25) is 5.02 Å². The lowest BCUT2D eigenvalue weighted by atomic mass is 10.1. The Morgan fingerprint density at radius 3 is 2.68 bits per heavy atom. The molecule has 140 valence electrons. The van der Waals surface area contributed by atoms with Gasteiger partial charge in [-0.05, 0) is 24.3 Å². The molecule has 0 fully saturated rings. The third-order valence-corrected chi connectivity index (χ3v) is 3.95. The number of hydrogen-bond acceptors (Lipinski definition) is 6. The molecular weight excluding hydrogens is 386 g/mol. The molecule has 0 radical (unpaired) electrons. The normalized spacial score (nSPS) is 10.3. The summed E-state index contributed by atoms with van der Waals surface area (Å²) in [7, 11) is 0. The number of ether oxygens (including phenoxy) is 1. The van der Waals surface area contributed by atoms with Crippen LogP contribution in [0.25, 0.3) is 10.8 Å². The lowest BCUT2D eigenvalue weighted by Crippen LogP contribution is -2.30. The highest BCUT2D eigenvalue weighted by molar-refractivity contribution is 6.30. The Labute approximate surface area is 163 Å². The van der Waals surface area contributed by atoms with E-state index in [4.69, 9.17) is 21.4 Å². The Balaban J connectivity index is 2.15. The number of amides is 1. The van der Waals surface area contributed by atoms with Gasteiger partial charge in [0.25, 0.3) is 5.91 Å². The monoisotopic (exact) mass is 397 g/mol. The van der Waals surface area contributed by atoms with Crippen LogP contribution in [0.15, 0.2) is 42.5 Å². The van der Waals surface area contributed by atoms with Gasteiger partial charge in [0, 0.05) is 10.4 Å². The second-order valence-corrected chi connectivity index (χ2v) is 6.02. The van der Waals surface area contributed by atoms with Gasteiger partial charge in [-0.2, -0.15) is 5.26 Å². The Kier molecular flexibility index (Phi) is 5.29. The van der Waals surface area contributed by atoms with Gasteiger partial charge in [-0.25, -0.2) is 4.98 Å². The largest absolute Gasteiger partial charge is 0.505 e. The maximum absolute atomic E-state index is 12.2. The third-order valence-electron chi connectivity index (χ3n) is 3.71. The molecule has 0 aliphatic heterocycles. The number of benzene rings is 2. The minimum Gasteiger partial charge on any atom is -0.505 e. The summed E-state index contributed by atoms with van der Waals surface area (Å²) in [5.74, 6) is -2.18. The SMILES string of the molecule is N#Cc1nc(C(=O)NCC(=O)O)c(O)c2c(Oc3cccc(Cl)c3)cccc12. The number of hydrogen-bond donors (Lipinski definition) is 3. The van der Waals surface area contributed by atoms with Crippen LogP contribution in [0.4, 0.5) is 0 Å². The van der Waals surface area contributed by atoms with Crippen LogP contribution in [0, 0.1) is 11.3 Å². The molecule has 0 bridgehead atoms. The number of halogens is 1. The molecule has 3 rings (SSSR count). The lowest BCUT2D eigenvalue weighted by Gasteiger charge is -2.13. The number of nitrogens with one attached hydrogen (secondary N) is 1. The van der Waals surface area contributed by atoms with E-state index >= 15 is 0 Å². The number of aliphatic carboxylic acids is 1. The van der Waals surface area contributed by atoms with Gasteiger partial charge in [-0.1, -0.05) is 29.8 Å². The summed E-state index contributed by atoms with van der Waals surface area (Å²) in [4.78, 5) is 26.8. The highest BCUT2D eigenvalue weighted by Crippen LogP contribution is 2.38. The highest BCUT2D eigenvalue weighted by Gasteiger charge is 2.22. The number of carboxylic acid groups (broad SMARTS) is 1. The van der Waals surface area contributed by atoms with Crippen molar-refractivity contribution in [1.29, 1.82) is 5.26 Å². The number of nitrogens with zero attached hydrogens (tertiary/aromatic N) is 2. The van der Waals surface area contributed by atoms with Crippen molar-refractivity contribution in [2.24, 2.45) is 0 Å². The van der Waals surface area contributed by atoms with Crippen LogP contribution in [-0.2, 0) is 4.79 Å². The first-order chi connectivity index (χ1) is 13.4. The lowest BCUT2D eigenvalue weighted by molar-refractivity contribution is -0.135. The molecule has 28 heavy (non-hydrogen) atoms. The van der Waals surface area contributed by atoms with Gasteiger partial charge in [0.05, 0.1) is 5.39 Å². The summed E-state index contributed by atoms with van der Waals surface area (Å²) in [5, 5.41) is 31.6.